The molecule has 20 heavy (non-hydrogen) atoms. The first-order valence-electron chi connectivity index (χ1n) is 7.20. The van der Waals surface area contributed by atoms with Gasteiger partial charge in [-0.25, -0.2) is 0 Å². The van der Waals surface area contributed by atoms with Crippen molar-refractivity contribution in [3.8, 4) is 0 Å². The largest absolute Gasteiger partial charge is 0.294 e. The van der Waals surface area contributed by atoms with Gasteiger partial charge in [0.15, 0.2) is 5.78 Å². The van der Waals surface area contributed by atoms with E-state index in [1.165, 1.54) is 22.3 Å². The summed E-state index contributed by atoms with van der Waals surface area (Å²) in [6, 6.07) is 12.2. The average Bonchev–Trinajstić information content (AvgIpc) is 2.42. The summed E-state index contributed by atoms with van der Waals surface area (Å²) in [6.45, 7) is 8.37. The molecule has 0 heterocycles. The highest BCUT2D eigenvalue weighted by Gasteiger charge is 2.13. The first kappa shape index (κ1) is 14.5. The van der Waals surface area contributed by atoms with Crippen molar-refractivity contribution in [3.05, 3.63) is 69.8 Å². The lowest BCUT2D eigenvalue weighted by molar-refractivity contribution is 0.0991. The fourth-order valence-electron chi connectivity index (χ4n) is 2.85. The average molecular weight is 266 g/mol. The Hall–Kier alpha value is -1.89. The van der Waals surface area contributed by atoms with E-state index in [9.17, 15) is 4.79 Å². The number of Topliss-reactive ketones (excluding diaryl/α,β-unsaturated/α-hetero) is 1. The van der Waals surface area contributed by atoms with Crippen molar-refractivity contribution in [3.63, 3.8) is 0 Å². The van der Waals surface area contributed by atoms with Gasteiger partial charge in [-0.15, -0.1) is 0 Å². The van der Waals surface area contributed by atoms with Crippen molar-refractivity contribution < 1.29 is 4.79 Å². The van der Waals surface area contributed by atoms with Crippen molar-refractivity contribution >= 4 is 5.78 Å². The molecule has 2 rings (SSSR count). The van der Waals surface area contributed by atoms with Gasteiger partial charge in [0.2, 0.25) is 0 Å². The standard InChI is InChI=1S/C19H22O/c1-5-16-8-6-7-9-17(16)19(20)12-18-14(3)10-13(2)11-15(18)4/h6-11H,5,12H2,1-4H3. The van der Waals surface area contributed by atoms with E-state index in [1.54, 1.807) is 0 Å². The highest BCUT2D eigenvalue weighted by atomic mass is 16.1. The van der Waals surface area contributed by atoms with Crippen LogP contribution in [0.5, 0.6) is 0 Å². The van der Waals surface area contributed by atoms with Crippen molar-refractivity contribution in [2.45, 2.75) is 40.5 Å². The van der Waals surface area contributed by atoms with Crippen LogP contribution in [0.15, 0.2) is 36.4 Å². The molecule has 0 radical (unpaired) electrons. The Labute approximate surface area is 121 Å². The molecule has 0 aromatic heterocycles. The number of hydrogen-bond acceptors (Lipinski definition) is 1. The van der Waals surface area contributed by atoms with Crippen LogP contribution in [-0.2, 0) is 12.8 Å². The van der Waals surface area contributed by atoms with Gasteiger partial charge in [0, 0.05) is 12.0 Å². The molecule has 0 aliphatic carbocycles. The quantitative estimate of drug-likeness (QED) is 0.739. The zero-order chi connectivity index (χ0) is 14.7. The van der Waals surface area contributed by atoms with Crippen molar-refractivity contribution in [1.82, 2.24) is 0 Å². The van der Waals surface area contributed by atoms with Crippen LogP contribution in [0.4, 0.5) is 0 Å². The summed E-state index contributed by atoms with van der Waals surface area (Å²) in [7, 11) is 0. The molecular formula is C19H22O. The Morgan fingerprint density at radius 3 is 2.20 bits per heavy atom. The number of carbonyl (C=O) groups is 1. The minimum Gasteiger partial charge on any atom is -0.294 e. The molecule has 0 N–H and O–H groups in total. The van der Waals surface area contributed by atoms with Crippen molar-refractivity contribution in [2.24, 2.45) is 0 Å². The van der Waals surface area contributed by atoms with Gasteiger partial charge in [-0.1, -0.05) is 48.9 Å². The van der Waals surface area contributed by atoms with Crippen LogP contribution in [0.3, 0.4) is 0 Å². The molecular weight excluding hydrogens is 244 g/mol. The molecule has 0 unspecified atom stereocenters. The molecule has 0 aliphatic heterocycles. The third kappa shape index (κ3) is 2.98. The second-order valence-electron chi connectivity index (χ2n) is 5.49. The third-order valence-electron chi connectivity index (χ3n) is 3.88. The maximum atomic E-state index is 12.6. The van der Waals surface area contributed by atoms with Crippen LogP contribution < -0.4 is 0 Å². The minimum absolute atomic E-state index is 0.220. The van der Waals surface area contributed by atoms with Gasteiger partial charge in [0.25, 0.3) is 0 Å². The fraction of sp³-hybridized carbons (Fsp3) is 0.316. The van der Waals surface area contributed by atoms with Crippen LogP contribution >= 0.6 is 0 Å². The molecule has 2 aromatic rings. The summed E-state index contributed by atoms with van der Waals surface area (Å²) in [5, 5.41) is 0. The third-order valence-corrected chi connectivity index (χ3v) is 3.88. The van der Waals surface area contributed by atoms with Gasteiger partial charge in [-0.3, -0.25) is 4.79 Å². The van der Waals surface area contributed by atoms with E-state index in [0.29, 0.717) is 6.42 Å². The molecule has 0 aliphatic rings. The zero-order valence-electron chi connectivity index (χ0n) is 12.8. The number of benzene rings is 2. The Kier molecular flexibility index (Phi) is 4.39. The summed E-state index contributed by atoms with van der Waals surface area (Å²) in [6.07, 6.45) is 1.39. The maximum Gasteiger partial charge on any atom is 0.167 e. The van der Waals surface area contributed by atoms with E-state index in [1.807, 2.05) is 24.3 Å². The van der Waals surface area contributed by atoms with E-state index in [2.05, 4.69) is 39.8 Å². The van der Waals surface area contributed by atoms with E-state index in [0.717, 1.165) is 17.5 Å². The molecule has 2 aromatic carbocycles. The summed E-state index contributed by atoms with van der Waals surface area (Å²) < 4.78 is 0. The van der Waals surface area contributed by atoms with Gasteiger partial charge >= 0.3 is 0 Å². The molecule has 0 amide bonds. The molecule has 0 bridgehead atoms. The molecule has 0 atom stereocenters. The van der Waals surface area contributed by atoms with E-state index in [-0.39, 0.29) is 5.78 Å². The number of ketones is 1. The first-order valence-corrected chi connectivity index (χ1v) is 7.20. The van der Waals surface area contributed by atoms with Crippen LogP contribution in [-0.4, -0.2) is 5.78 Å². The lowest BCUT2D eigenvalue weighted by atomic mass is 9.92. The predicted molar refractivity (Wildman–Crippen MR) is 84.5 cm³/mol. The number of carbonyl (C=O) groups excluding carboxylic acids is 1. The lowest BCUT2D eigenvalue weighted by Crippen LogP contribution is -2.09. The summed E-state index contributed by atoms with van der Waals surface area (Å²) in [5.74, 6) is 0.220. The number of hydrogen-bond donors (Lipinski definition) is 0. The van der Waals surface area contributed by atoms with E-state index in [4.69, 9.17) is 0 Å². The maximum absolute atomic E-state index is 12.6. The lowest BCUT2D eigenvalue weighted by Gasteiger charge is -2.12. The topological polar surface area (TPSA) is 17.1 Å². The number of aryl methyl sites for hydroxylation is 4. The summed E-state index contributed by atoms with van der Waals surface area (Å²) in [5.41, 5.74) is 6.86. The van der Waals surface area contributed by atoms with Crippen LogP contribution in [0.1, 0.15) is 45.1 Å². The second kappa shape index (κ2) is 6.04. The van der Waals surface area contributed by atoms with E-state index >= 15 is 0 Å². The van der Waals surface area contributed by atoms with Crippen LogP contribution in [0, 0.1) is 20.8 Å². The van der Waals surface area contributed by atoms with Gasteiger partial charge in [0.1, 0.15) is 0 Å². The molecule has 104 valence electrons. The normalized spacial score (nSPS) is 10.6. The summed E-state index contributed by atoms with van der Waals surface area (Å²) in [4.78, 5) is 12.6. The molecule has 1 heteroatoms. The Morgan fingerprint density at radius 1 is 1.00 bits per heavy atom. The fourth-order valence-corrected chi connectivity index (χ4v) is 2.85. The monoisotopic (exact) mass is 266 g/mol. The van der Waals surface area contributed by atoms with E-state index < -0.39 is 0 Å². The van der Waals surface area contributed by atoms with Gasteiger partial charge in [0.05, 0.1) is 0 Å². The predicted octanol–water partition coefficient (Wildman–Crippen LogP) is 4.60. The smallest absolute Gasteiger partial charge is 0.167 e. The molecule has 0 spiro atoms. The number of rotatable bonds is 4. The van der Waals surface area contributed by atoms with Gasteiger partial charge < -0.3 is 0 Å². The van der Waals surface area contributed by atoms with Crippen molar-refractivity contribution in [1.29, 1.82) is 0 Å². The van der Waals surface area contributed by atoms with Crippen molar-refractivity contribution in [2.75, 3.05) is 0 Å². The van der Waals surface area contributed by atoms with Gasteiger partial charge in [-0.2, -0.15) is 0 Å². The summed E-state index contributed by atoms with van der Waals surface area (Å²) >= 11 is 0. The SMILES string of the molecule is CCc1ccccc1C(=O)Cc1c(C)cc(C)cc1C. The van der Waals surface area contributed by atoms with Crippen LogP contribution in [0.25, 0.3) is 0 Å². The highest BCUT2D eigenvalue weighted by molar-refractivity contribution is 5.99. The Balaban J connectivity index is 2.33. The first-order chi connectivity index (χ1) is 9.52. The Bertz CT molecular complexity index is 615. The van der Waals surface area contributed by atoms with Crippen LogP contribution in [0.2, 0.25) is 0 Å². The van der Waals surface area contributed by atoms with Gasteiger partial charge in [-0.05, 0) is 49.4 Å². The zero-order valence-corrected chi connectivity index (χ0v) is 12.8. The Morgan fingerprint density at radius 2 is 1.60 bits per heavy atom. The molecule has 0 fully saturated rings. The molecule has 1 nitrogen and oxygen atoms in total. The second-order valence-corrected chi connectivity index (χ2v) is 5.49. The highest BCUT2D eigenvalue weighted by Crippen LogP contribution is 2.20. The molecule has 0 saturated carbocycles. The molecule has 0 saturated heterocycles. The minimum atomic E-state index is 0.220.